The van der Waals surface area contributed by atoms with Gasteiger partial charge in [-0.25, -0.2) is 4.98 Å². The van der Waals surface area contributed by atoms with E-state index in [0.717, 1.165) is 60.1 Å². The predicted octanol–water partition coefficient (Wildman–Crippen LogP) is 2.87. The molecular formula is C24H27N5O4. The Labute approximate surface area is 192 Å². The maximum absolute atomic E-state index is 5.92. The lowest BCUT2D eigenvalue weighted by molar-refractivity contribution is -0.00570. The summed E-state index contributed by atoms with van der Waals surface area (Å²) >= 11 is 0. The van der Waals surface area contributed by atoms with E-state index in [4.69, 9.17) is 33.9 Å². The molecule has 3 aromatic rings. The average molecular weight is 450 g/mol. The fourth-order valence-corrected chi connectivity index (χ4v) is 4.70. The van der Waals surface area contributed by atoms with Crippen molar-refractivity contribution in [1.29, 1.82) is 0 Å². The minimum absolute atomic E-state index is 0.118. The Morgan fingerprint density at radius 2 is 1.64 bits per heavy atom. The summed E-state index contributed by atoms with van der Waals surface area (Å²) in [6, 6.07) is 9.97. The van der Waals surface area contributed by atoms with Crippen molar-refractivity contribution in [3.05, 3.63) is 30.3 Å². The monoisotopic (exact) mass is 449 g/mol. The number of ether oxygens (including phenoxy) is 4. The molecule has 0 saturated carbocycles. The maximum atomic E-state index is 5.92. The molecule has 33 heavy (non-hydrogen) atoms. The highest BCUT2D eigenvalue weighted by Gasteiger charge is 2.27. The number of pyridine rings is 1. The van der Waals surface area contributed by atoms with Gasteiger partial charge in [-0.1, -0.05) is 0 Å². The molecule has 5 heterocycles. The van der Waals surface area contributed by atoms with Crippen molar-refractivity contribution in [1.82, 2.24) is 15.0 Å². The molecule has 172 valence electrons. The fourth-order valence-electron chi connectivity index (χ4n) is 4.70. The normalized spacial score (nSPS) is 22.7. The van der Waals surface area contributed by atoms with Crippen LogP contribution in [0.1, 0.15) is 13.8 Å². The van der Waals surface area contributed by atoms with Gasteiger partial charge in [0.25, 0.3) is 0 Å². The van der Waals surface area contributed by atoms with Crippen LogP contribution < -0.4 is 19.3 Å². The van der Waals surface area contributed by atoms with Crippen molar-refractivity contribution in [3.63, 3.8) is 0 Å². The average Bonchev–Trinajstić information content (AvgIpc) is 3.31. The van der Waals surface area contributed by atoms with Gasteiger partial charge in [-0.3, -0.25) is 0 Å². The second-order valence-electron chi connectivity index (χ2n) is 8.74. The van der Waals surface area contributed by atoms with Crippen LogP contribution in [0.4, 0.5) is 11.8 Å². The van der Waals surface area contributed by atoms with Gasteiger partial charge in [-0.2, -0.15) is 9.97 Å². The molecule has 3 aliphatic heterocycles. The highest BCUT2D eigenvalue weighted by atomic mass is 16.7. The lowest BCUT2D eigenvalue weighted by atomic mass is 10.1. The number of morpholine rings is 2. The SMILES string of the molecule is CC1CN(c2nc(N3CCOCC3)c3ccc(-c4ccc5c(c4)OCO5)nc3n2)CC(C)O1. The van der Waals surface area contributed by atoms with E-state index in [1.54, 1.807) is 0 Å². The molecule has 0 aliphatic carbocycles. The van der Waals surface area contributed by atoms with Crippen LogP contribution in [-0.4, -0.2) is 73.3 Å². The second kappa shape index (κ2) is 8.31. The van der Waals surface area contributed by atoms with E-state index >= 15 is 0 Å². The summed E-state index contributed by atoms with van der Waals surface area (Å²) in [5, 5.41) is 0.944. The lowest BCUT2D eigenvalue weighted by Gasteiger charge is -2.36. The van der Waals surface area contributed by atoms with Gasteiger partial charge in [0.05, 0.1) is 36.5 Å². The van der Waals surface area contributed by atoms with Gasteiger partial charge < -0.3 is 28.7 Å². The van der Waals surface area contributed by atoms with E-state index in [-0.39, 0.29) is 19.0 Å². The lowest BCUT2D eigenvalue weighted by Crippen LogP contribution is -2.46. The van der Waals surface area contributed by atoms with Gasteiger partial charge in [0.1, 0.15) is 5.82 Å². The standard InChI is InChI=1S/C24H27N5O4/c1-15-12-29(13-16(2)33-15)24-26-22-18(23(27-24)28-7-9-30-10-8-28)4-5-19(25-22)17-3-6-20-21(11-17)32-14-31-20/h3-6,11,15-16H,7-10,12-14H2,1-2H3. The minimum Gasteiger partial charge on any atom is -0.454 e. The Morgan fingerprint density at radius 1 is 0.848 bits per heavy atom. The molecule has 9 heteroatoms. The van der Waals surface area contributed by atoms with Crippen LogP contribution in [-0.2, 0) is 9.47 Å². The Bertz CT molecular complexity index is 1170. The highest BCUT2D eigenvalue weighted by molar-refractivity contribution is 5.90. The number of aromatic nitrogens is 3. The van der Waals surface area contributed by atoms with E-state index < -0.39 is 0 Å². The van der Waals surface area contributed by atoms with Crippen LogP contribution >= 0.6 is 0 Å². The van der Waals surface area contributed by atoms with Crippen LogP contribution in [0.15, 0.2) is 30.3 Å². The maximum Gasteiger partial charge on any atom is 0.231 e. The summed E-state index contributed by atoms with van der Waals surface area (Å²) in [4.78, 5) is 19.4. The quantitative estimate of drug-likeness (QED) is 0.599. The molecule has 6 rings (SSSR count). The first kappa shape index (κ1) is 20.4. The summed E-state index contributed by atoms with van der Waals surface area (Å²) in [6.07, 6.45) is 0.237. The zero-order valence-electron chi connectivity index (χ0n) is 18.9. The predicted molar refractivity (Wildman–Crippen MR) is 124 cm³/mol. The topological polar surface area (TPSA) is 82.1 Å². The first-order chi connectivity index (χ1) is 16.1. The number of hydrogen-bond donors (Lipinski definition) is 0. The summed E-state index contributed by atoms with van der Waals surface area (Å²) in [6.45, 7) is 8.90. The molecule has 9 nitrogen and oxygen atoms in total. The van der Waals surface area contributed by atoms with Gasteiger partial charge in [-0.15, -0.1) is 0 Å². The molecular weight excluding hydrogens is 422 g/mol. The number of anilines is 2. The van der Waals surface area contributed by atoms with Crippen molar-refractivity contribution in [2.24, 2.45) is 0 Å². The molecule has 0 radical (unpaired) electrons. The van der Waals surface area contributed by atoms with E-state index in [2.05, 4.69) is 29.7 Å². The summed E-state index contributed by atoms with van der Waals surface area (Å²) in [5.41, 5.74) is 2.48. The first-order valence-corrected chi connectivity index (χ1v) is 11.5. The van der Waals surface area contributed by atoms with Crippen LogP contribution in [0.25, 0.3) is 22.3 Å². The van der Waals surface area contributed by atoms with E-state index in [1.807, 2.05) is 24.3 Å². The number of hydrogen-bond acceptors (Lipinski definition) is 9. The first-order valence-electron chi connectivity index (χ1n) is 11.5. The number of fused-ring (bicyclic) bond motifs is 2. The molecule has 2 aromatic heterocycles. The molecule has 1 aromatic carbocycles. The second-order valence-corrected chi connectivity index (χ2v) is 8.74. The van der Waals surface area contributed by atoms with E-state index in [0.29, 0.717) is 24.8 Å². The Hall–Kier alpha value is -3.17. The number of rotatable bonds is 3. The molecule has 3 aliphatic rings. The smallest absolute Gasteiger partial charge is 0.231 e. The summed E-state index contributed by atoms with van der Waals surface area (Å²) in [5.74, 6) is 3.11. The van der Waals surface area contributed by atoms with E-state index in [1.165, 1.54) is 0 Å². The fraction of sp³-hybridized carbons (Fsp3) is 0.458. The largest absolute Gasteiger partial charge is 0.454 e. The minimum atomic E-state index is 0.118. The Morgan fingerprint density at radius 3 is 2.45 bits per heavy atom. The summed E-state index contributed by atoms with van der Waals surface area (Å²) in [7, 11) is 0. The molecule has 0 bridgehead atoms. The molecule has 0 amide bonds. The molecule has 2 unspecified atom stereocenters. The van der Waals surface area contributed by atoms with Crippen molar-refractivity contribution in [2.75, 3.05) is 56.0 Å². The molecule has 2 saturated heterocycles. The van der Waals surface area contributed by atoms with Gasteiger partial charge >= 0.3 is 0 Å². The van der Waals surface area contributed by atoms with Gasteiger partial charge in [0, 0.05) is 31.7 Å². The third kappa shape index (κ3) is 3.91. The van der Waals surface area contributed by atoms with Gasteiger partial charge in [-0.05, 0) is 44.2 Å². The summed E-state index contributed by atoms with van der Waals surface area (Å²) < 4.78 is 22.5. The third-order valence-electron chi connectivity index (χ3n) is 6.21. The van der Waals surface area contributed by atoms with Crippen molar-refractivity contribution < 1.29 is 18.9 Å². The van der Waals surface area contributed by atoms with Crippen LogP contribution in [0.2, 0.25) is 0 Å². The van der Waals surface area contributed by atoms with Crippen molar-refractivity contribution in [2.45, 2.75) is 26.1 Å². The van der Waals surface area contributed by atoms with Crippen molar-refractivity contribution >= 4 is 22.8 Å². The van der Waals surface area contributed by atoms with Crippen LogP contribution in [0.5, 0.6) is 11.5 Å². The van der Waals surface area contributed by atoms with E-state index in [9.17, 15) is 0 Å². The zero-order valence-corrected chi connectivity index (χ0v) is 18.9. The van der Waals surface area contributed by atoms with Gasteiger partial charge in [0.15, 0.2) is 17.1 Å². The molecule has 0 spiro atoms. The zero-order chi connectivity index (χ0) is 22.4. The third-order valence-corrected chi connectivity index (χ3v) is 6.21. The number of benzene rings is 1. The Kier molecular flexibility index (Phi) is 5.15. The number of nitrogens with zero attached hydrogens (tertiary/aromatic N) is 5. The van der Waals surface area contributed by atoms with Crippen LogP contribution in [0, 0.1) is 0 Å². The molecule has 2 fully saturated rings. The highest BCUT2D eigenvalue weighted by Crippen LogP contribution is 2.36. The molecule has 2 atom stereocenters. The van der Waals surface area contributed by atoms with Crippen LogP contribution in [0.3, 0.4) is 0 Å². The Balaban J connectivity index is 1.45. The van der Waals surface area contributed by atoms with Gasteiger partial charge in [0.2, 0.25) is 12.7 Å². The molecule has 0 N–H and O–H groups in total. The van der Waals surface area contributed by atoms with Crippen molar-refractivity contribution in [3.8, 4) is 22.8 Å².